The standard InChI is InChI=1S/C15H17N3O/c1-2-16-10-12-5-3-7-14(9-12)18-15(19)13-6-4-8-17-11-13/h3-9,11,16H,2,10H2,1H3,(H,18,19). The van der Waals surface area contributed by atoms with E-state index in [1.54, 1.807) is 24.5 Å². The zero-order valence-corrected chi connectivity index (χ0v) is 10.9. The van der Waals surface area contributed by atoms with E-state index < -0.39 is 0 Å². The lowest BCUT2D eigenvalue weighted by atomic mass is 10.2. The van der Waals surface area contributed by atoms with Crippen molar-refractivity contribution in [1.82, 2.24) is 10.3 Å². The Morgan fingerprint density at radius 2 is 2.16 bits per heavy atom. The molecule has 0 aliphatic rings. The van der Waals surface area contributed by atoms with Crippen molar-refractivity contribution in [3.05, 3.63) is 59.9 Å². The van der Waals surface area contributed by atoms with E-state index in [0.29, 0.717) is 5.56 Å². The predicted molar refractivity (Wildman–Crippen MR) is 76.0 cm³/mol. The number of nitrogens with zero attached hydrogens (tertiary/aromatic N) is 1. The fourth-order valence-electron chi connectivity index (χ4n) is 1.73. The first-order valence-electron chi connectivity index (χ1n) is 6.30. The molecule has 4 heteroatoms. The Morgan fingerprint density at radius 3 is 2.89 bits per heavy atom. The number of anilines is 1. The average molecular weight is 255 g/mol. The molecular formula is C15H17N3O. The van der Waals surface area contributed by atoms with Crippen molar-refractivity contribution in [2.24, 2.45) is 0 Å². The van der Waals surface area contributed by atoms with Gasteiger partial charge < -0.3 is 10.6 Å². The van der Waals surface area contributed by atoms with Gasteiger partial charge in [-0.15, -0.1) is 0 Å². The van der Waals surface area contributed by atoms with Crippen molar-refractivity contribution in [2.45, 2.75) is 13.5 Å². The third-order valence-corrected chi connectivity index (χ3v) is 2.69. The van der Waals surface area contributed by atoms with Crippen LogP contribution < -0.4 is 10.6 Å². The summed E-state index contributed by atoms with van der Waals surface area (Å²) in [7, 11) is 0. The summed E-state index contributed by atoms with van der Waals surface area (Å²) in [6, 6.07) is 11.3. The third kappa shape index (κ3) is 3.89. The van der Waals surface area contributed by atoms with Crippen LogP contribution in [0.1, 0.15) is 22.8 Å². The highest BCUT2D eigenvalue weighted by molar-refractivity contribution is 6.04. The topological polar surface area (TPSA) is 54.0 Å². The highest BCUT2D eigenvalue weighted by Crippen LogP contribution is 2.12. The molecule has 0 atom stereocenters. The minimum Gasteiger partial charge on any atom is -0.322 e. The van der Waals surface area contributed by atoms with E-state index in [9.17, 15) is 4.79 Å². The first-order chi connectivity index (χ1) is 9.29. The predicted octanol–water partition coefficient (Wildman–Crippen LogP) is 2.44. The zero-order valence-electron chi connectivity index (χ0n) is 10.9. The smallest absolute Gasteiger partial charge is 0.257 e. The Labute approximate surface area is 112 Å². The highest BCUT2D eigenvalue weighted by Gasteiger charge is 2.05. The van der Waals surface area contributed by atoms with Gasteiger partial charge in [0.15, 0.2) is 0 Å². The molecule has 2 N–H and O–H groups in total. The van der Waals surface area contributed by atoms with E-state index in [1.165, 1.54) is 0 Å². The lowest BCUT2D eigenvalue weighted by Crippen LogP contribution is -2.14. The molecule has 0 radical (unpaired) electrons. The van der Waals surface area contributed by atoms with Gasteiger partial charge in [0.2, 0.25) is 0 Å². The molecule has 0 spiro atoms. The number of hydrogen-bond acceptors (Lipinski definition) is 3. The Balaban J connectivity index is 2.05. The first kappa shape index (κ1) is 13.2. The molecule has 0 bridgehead atoms. The van der Waals surface area contributed by atoms with Crippen LogP contribution >= 0.6 is 0 Å². The molecule has 2 aromatic rings. The monoisotopic (exact) mass is 255 g/mol. The van der Waals surface area contributed by atoms with Gasteiger partial charge in [0.1, 0.15) is 0 Å². The van der Waals surface area contributed by atoms with E-state index in [-0.39, 0.29) is 5.91 Å². The lowest BCUT2D eigenvalue weighted by molar-refractivity contribution is 0.102. The number of hydrogen-bond donors (Lipinski definition) is 2. The minimum absolute atomic E-state index is 0.145. The molecule has 1 aromatic carbocycles. The molecule has 0 aliphatic carbocycles. The van der Waals surface area contributed by atoms with Crippen molar-refractivity contribution < 1.29 is 4.79 Å². The Hall–Kier alpha value is -2.20. The summed E-state index contributed by atoms with van der Waals surface area (Å²) >= 11 is 0. The molecule has 0 saturated carbocycles. The fraction of sp³-hybridized carbons (Fsp3) is 0.200. The van der Waals surface area contributed by atoms with Gasteiger partial charge in [0, 0.05) is 24.6 Å². The van der Waals surface area contributed by atoms with E-state index in [2.05, 4.69) is 22.5 Å². The van der Waals surface area contributed by atoms with Crippen molar-refractivity contribution >= 4 is 11.6 Å². The van der Waals surface area contributed by atoms with Gasteiger partial charge in [0.25, 0.3) is 5.91 Å². The summed E-state index contributed by atoms with van der Waals surface area (Å²) < 4.78 is 0. The van der Waals surface area contributed by atoms with Gasteiger partial charge in [-0.1, -0.05) is 19.1 Å². The van der Waals surface area contributed by atoms with Gasteiger partial charge in [-0.05, 0) is 36.4 Å². The molecule has 98 valence electrons. The second-order valence-corrected chi connectivity index (χ2v) is 4.18. The number of pyridine rings is 1. The molecule has 1 aromatic heterocycles. The molecule has 0 aliphatic heterocycles. The molecule has 1 amide bonds. The summed E-state index contributed by atoms with van der Waals surface area (Å²) in [6.07, 6.45) is 3.20. The van der Waals surface area contributed by atoms with Crippen LogP contribution in [0.5, 0.6) is 0 Å². The highest BCUT2D eigenvalue weighted by atomic mass is 16.1. The van der Waals surface area contributed by atoms with Crippen LogP contribution in [0, 0.1) is 0 Å². The Kier molecular flexibility index (Phi) is 4.64. The zero-order chi connectivity index (χ0) is 13.5. The first-order valence-corrected chi connectivity index (χ1v) is 6.30. The summed E-state index contributed by atoms with van der Waals surface area (Å²) in [6.45, 7) is 3.79. The summed E-state index contributed by atoms with van der Waals surface area (Å²) in [5.74, 6) is -0.145. The SMILES string of the molecule is CCNCc1cccc(NC(=O)c2cccnc2)c1. The third-order valence-electron chi connectivity index (χ3n) is 2.69. The molecule has 1 heterocycles. The largest absolute Gasteiger partial charge is 0.322 e. The maximum absolute atomic E-state index is 12.0. The van der Waals surface area contributed by atoms with Crippen LogP contribution in [0.4, 0.5) is 5.69 Å². The number of nitrogens with one attached hydrogen (secondary N) is 2. The normalized spacial score (nSPS) is 10.2. The molecule has 0 saturated heterocycles. The summed E-state index contributed by atoms with van der Waals surface area (Å²) in [5.41, 5.74) is 2.50. The van der Waals surface area contributed by atoms with Crippen LogP contribution in [0.25, 0.3) is 0 Å². The number of benzene rings is 1. The van der Waals surface area contributed by atoms with Crippen molar-refractivity contribution in [2.75, 3.05) is 11.9 Å². The van der Waals surface area contributed by atoms with Gasteiger partial charge in [0.05, 0.1) is 5.56 Å². The Morgan fingerprint density at radius 1 is 1.26 bits per heavy atom. The maximum atomic E-state index is 12.0. The number of rotatable bonds is 5. The van der Waals surface area contributed by atoms with Gasteiger partial charge in [-0.2, -0.15) is 0 Å². The van der Waals surface area contributed by atoms with E-state index in [0.717, 1.165) is 24.3 Å². The molecule has 0 fully saturated rings. The fourth-order valence-corrected chi connectivity index (χ4v) is 1.73. The van der Waals surface area contributed by atoms with E-state index in [4.69, 9.17) is 0 Å². The van der Waals surface area contributed by atoms with Gasteiger partial charge in [-0.3, -0.25) is 9.78 Å². The van der Waals surface area contributed by atoms with Crippen molar-refractivity contribution in [1.29, 1.82) is 0 Å². The second kappa shape index (κ2) is 6.66. The van der Waals surface area contributed by atoms with Crippen LogP contribution in [0.3, 0.4) is 0 Å². The molecule has 2 rings (SSSR count). The number of carbonyl (C=O) groups is 1. The van der Waals surface area contributed by atoms with Crippen LogP contribution in [0.15, 0.2) is 48.8 Å². The molecule has 19 heavy (non-hydrogen) atoms. The Bertz CT molecular complexity index is 540. The van der Waals surface area contributed by atoms with Crippen LogP contribution in [0.2, 0.25) is 0 Å². The van der Waals surface area contributed by atoms with Crippen molar-refractivity contribution in [3.8, 4) is 0 Å². The lowest BCUT2D eigenvalue weighted by Gasteiger charge is -2.07. The van der Waals surface area contributed by atoms with Gasteiger partial charge in [-0.25, -0.2) is 0 Å². The van der Waals surface area contributed by atoms with E-state index >= 15 is 0 Å². The van der Waals surface area contributed by atoms with Crippen LogP contribution in [-0.4, -0.2) is 17.4 Å². The summed E-state index contributed by atoms with van der Waals surface area (Å²) in [4.78, 5) is 15.9. The van der Waals surface area contributed by atoms with Crippen LogP contribution in [-0.2, 0) is 6.54 Å². The summed E-state index contributed by atoms with van der Waals surface area (Å²) in [5, 5.41) is 6.12. The second-order valence-electron chi connectivity index (χ2n) is 4.18. The minimum atomic E-state index is -0.145. The van der Waals surface area contributed by atoms with Crippen molar-refractivity contribution in [3.63, 3.8) is 0 Å². The maximum Gasteiger partial charge on any atom is 0.257 e. The average Bonchev–Trinajstić information content (AvgIpc) is 2.46. The number of amides is 1. The van der Waals surface area contributed by atoms with E-state index in [1.807, 2.05) is 24.3 Å². The quantitative estimate of drug-likeness (QED) is 0.862. The number of carbonyl (C=O) groups excluding carboxylic acids is 1. The number of aromatic nitrogens is 1. The molecular weight excluding hydrogens is 238 g/mol. The molecule has 0 unspecified atom stereocenters. The van der Waals surface area contributed by atoms with Gasteiger partial charge >= 0.3 is 0 Å². The molecule has 4 nitrogen and oxygen atoms in total.